The van der Waals surface area contributed by atoms with E-state index >= 15 is 0 Å². The second-order valence-corrected chi connectivity index (χ2v) is 6.23. The average molecular weight is 261 g/mol. The zero-order chi connectivity index (χ0) is 13.8. The molecule has 0 amide bonds. The van der Waals surface area contributed by atoms with Crippen molar-refractivity contribution in [3.63, 3.8) is 0 Å². The Balaban J connectivity index is 1.97. The number of aryl methyl sites for hydroxylation is 1. The van der Waals surface area contributed by atoms with Gasteiger partial charge in [0.05, 0.1) is 0 Å². The van der Waals surface area contributed by atoms with Gasteiger partial charge in [-0.3, -0.25) is 0 Å². The molecule has 0 aliphatic heterocycles. The molecule has 106 valence electrons. The summed E-state index contributed by atoms with van der Waals surface area (Å²) in [6.45, 7) is 8.66. The largest absolute Gasteiger partial charge is 0.360 e. The zero-order valence-electron chi connectivity index (χ0n) is 12.7. The van der Waals surface area contributed by atoms with Gasteiger partial charge in [0.1, 0.15) is 5.82 Å². The predicted molar refractivity (Wildman–Crippen MR) is 81.6 cm³/mol. The number of hydrogen-bond donors (Lipinski definition) is 1. The van der Waals surface area contributed by atoms with Crippen molar-refractivity contribution in [2.75, 3.05) is 18.5 Å². The molecule has 1 heterocycles. The van der Waals surface area contributed by atoms with Gasteiger partial charge in [-0.05, 0) is 49.8 Å². The first-order valence-electron chi connectivity index (χ1n) is 7.46. The summed E-state index contributed by atoms with van der Waals surface area (Å²) in [5.74, 6) is 1.84. The van der Waals surface area contributed by atoms with Crippen LogP contribution in [0.4, 0.5) is 5.82 Å². The van der Waals surface area contributed by atoms with Gasteiger partial charge in [-0.2, -0.15) is 0 Å². The van der Waals surface area contributed by atoms with Gasteiger partial charge in [-0.1, -0.05) is 13.8 Å². The standard InChI is InChI=1S/C16H27N3/c1-12(2)7-8-19(4)16-10-14(9-13(3)18-16)11-17-15-5-6-15/h9-10,12,15,17H,5-8,11H2,1-4H3. The van der Waals surface area contributed by atoms with E-state index in [0.29, 0.717) is 0 Å². The average Bonchev–Trinajstić information content (AvgIpc) is 3.16. The number of aromatic nitrogens is 1. The van der Waals surface area contributed by atoms with E-state index in [1.165, 1.54) is 24.8 Å². The van der Waals surface area contributed by atoms with E-state index in [2.05, 4.69) is 55.2 Å². The molecule has 1 fully saturated rings. The van der Waals surface area contributed by atoms with Gasteiger partial charge in [0, 0.05) is 31.9 Å². The van der Waals surface area contributed by atoms with Crippen LogP contribution in [0.25, 0.3) is 0 Å². The third-order valence-electron chi connectivity index (χ3n) is 3.60. The SMILES string of the molecule is Cc1cc(CNC2CC2)cc(N(C)CCC(C)C)n1. The molecule has 1 saturated carbocycles. The zero-order valence-corrected chi connectivity index (χ0v) is 12.7. The van der Waals surface area contributed by atoms with E-state index in [1.807, 2.05) is 0 Å². The Morgan fingerprint density at radius 1 is 1.37 bits per heavy atom. The van der Waals surface area contributed by atoms with Gasteiger partial charge in [-0.25, -0.2) is 4.98 Å². The molecule has 1 aliphatic carbocycles. The van der Waals surface area contributed by atoms with Crippen LogP contribution in [-0.4, -0.2) is 24.6 Å². The Kier molecular flexibility index (Phi) is 4.81. The Labute approximate surface area is 117 Å². The molecule has 1 aliphatic rings. The van der Waals surface area contributed by atoms with Crippen molar-refractivity contribution in [3.8, 4) is 0 Å². The van der Waals surface area contributed by atoms with Crippen LogP contribution < -0.4 is 10.2 Å². The molecule has 2 rings (SSSR count). The second-order valence-electron chi connectivity index (χ2n) is 6.23. The van der Waals surface area contributed by atoms with Gasteiger partial charge in [-0.15, -0.1) is 0 Å². The summed E-state index contributed by atoms with van der Waals surface area (Å²) in [4.78, 5) is 6.92. The van der Waals surface area contributed by atoms with Crippen LogP contribution in [0, 0.1) is 12.8 Å². The summed E-state index contributed by atoms with van der Waals surface area (Å²) >= 11 is 0. The lowest BCUT2D eigenvalue weighted by Crippen LogP contribution is -2.22. The molecule has 3 heteroatoms. The van der Waals surface area contributed by atoms with E-state index in [9.17, 15) is 0 Å². The highest BCUT2D eigenvalue weighted by Gasteiger charge is 2.20. The van der Waals surface area contributed by atoms with Crippen molar-refractivity contribution < 1.29 is 0 Å². The lowest BCUT2D eigenvalue weighted by molar-refractivity contribution is 0.583. The van der Waals surface area contributed by atoms with Crippen LogP contribution in [0.2, 0.25) is 0 Å². The molecule has 0 spiro atoms. The highest BCUT2D eigenvalue weighted by molar-refractivity contribution is 5.41. The van der Waals surface area contributed by atoms with Crippen LogP contribution >= 0.6 is 0 Å². The summed E-state index contributed by atoms with van der Waals surface area (Å²) in [5.41, 5.74) is 2.47. The Hall–Kier alpha value is -1.09. The van der Waals surface area contributed by atoms with Crippen molar-refractivity contribution in [3.05, 3.63) is 23.4 Å². The van der Waals surface area contributed by atoms with Crippen LogP contribution in [0.15, 0.2) is 12.1 Å². The van der Waals surface area contributed by atoms with E-state index < -0.39 is 0 Å². The van der Waals surface area contributed by atoms with E-state index in [0.717, 1.165) is 36.6 Å². The monoisotopic (exact) mass is 261 g/mol. The van der Waals surface area contributed by atoms with Gasteiger partial charge in [0.25, 0.3) is 0 Å². The van der Waals surface area contributed by atoms with Gasteiger partial charge >= 0.3 is 0 Å². The highest BCUT2D eigenvalue weighted by atomic mass is 15.2. The fraction of sp³-hybridized carbons (Fsp3) is 0.688. The molecule has 0 saturated heterocycles. The summed E-state index contributed by atoms with van der Waals surface area (Å²) in [6, 6.07) is 5.17. The maximum atomic E-state index is 4.65. The fourth-order valence-corrected chi connectivity index (χ4v) is 2.13. The van der Waals surface area contributed by atoms with Crippen molar-refractivity contribution in [2.45, 2.75) is 52.6 Å². The number of hydrogen-bond acceptors (Lipinski definition) is 3. The lowest BCUT2D eigenvalue weighted by atomic mass is 10.1. The van der Waals surface area contributed by atoms with Gasteiger partial charge < -0.3 is 10.2 Å². The smallest absolute Gasteiger partial charge is 0.128 e. The minimum Gasteiger partial charge on any atom is -0.360 e. The second kappa shape index (κ2) is 6.38. The number of rotatable bonds is 7. The molecule has 1 aromatic rings. The molecular weight excluding hydrogens is 234 g/mol. The fourth-order valence-electron chi connectivity index (χ4n) is 2.13. The van der Waals surface area contributed by atoms with E-state index in [4.69, 9.17) is 0 Å². The molecule has 0 atom stereocenters. The molecule has 3 nitrogen and oxygen atoms in total. The Bertz CT molecular complexity index is 410. The number of nitrogens with one attached hydrogen (secondary N) is 1. The Morgan fingerprint density at radius 2 is 2.11 bits per heavy atom. The van der Waals surface area contributed by atoms with Crippen LogP contribution in [0.1, 0.15) is 44.4 Å². The van der Waals surface area contributed by atoms with Crippen LogP contribution in [-0.2, 0) is 6.54 Å². The van der Waals surface area contributed by atoms with Gasteiger partial charge in [0.15, 0.2) is 0 Å². The first-order chi connectivity index (χ1) is 9.04. The van der Waals surface area contributed by atoms with Crippen molar-refractivity contribution >= 4 is 5.82 Å². The summed E-state index contributed by atoms with van der Waals surface area (Å²) < 4.78 is 0. The van der Waals surface area contributed by atoms with Gasteiger partial charge in [0.2, 0.25) is 0 Å². The minimum absolute atomic E-state index is 0.739. The molecule has 0 aromatic carbocycles. The maximum absolute atomic E-state index is 4.65. The molecule has 0 radical (unpaired) electrons. The van der Waals surface area contributed by atoms with Crippen molar-refractivity contribution in [1.82, 2.24) is 10.3 Å². The summed E-state index contributed by atoms with van der Waals surface area (Å²) in [6.07, 6.45) is 3.89. The maximum Gasteiger partial charge on any atom is 0.128 e. The summed E-state index contributed by atoms with van der Waals surface area (Å²) in [7, 11) is 2.14. The molecular formula is C16H27N3. The quantitative estimate of drug-likeness (QED) is 0.817. The first kappa shape index (κ1) is 14.3. The predicted octanol–water partition coefficient (Wildman–Crippen LogP) is 3.12. The third-order valence-corrected chi connectivity index (χ3v) is 3.60. The molecule has 0 unspecified atom stereocenters. The first-order valence-corrected chi connectivity index (χ1v) is 7.46. The topological polar surface area (TPSA) is 28.2 Å². The van der Waals surface area contributed by atoms with Crippen LogP contribution in [0.5, 0.6) is 0 Å². The van der Waals surface area contributed by atoms with Crippen molar-refractivity contribution in [2.24, 2.45) is 5.92 Å². The van der Waals surface area contributed by atoms with Crippen LogP contribution in [0.3, 0.4) is 0 Å². The number of anilines is 1. The molecule has 0 bridgehead atoms. The molecule has 1 N–H and O–H groups in total. The normalized spacial score (nSPS) is 15.0. The lowest BCUT2D eigenvalue weighted by Gasteiger charge is -2.20. The van der Waals surface area contributed by atoms with E-state index in [-0.39, 0.29) is 0 Å². The third kappa shape index (κ3) is 4.83. The highest BCUT2D eigenvalue weighted by Crippen LogP contribution is 2.20. The summed E-state index contributed by atoms with van der Waals surface area (Å²) in [5, 5.41) is 3.57. The molecule has 1 aromatic heterocycles. The Morgan fingerprint density at radius 3 is 2.74 bits per heavy atom. The van der Waals surface area contributed by atoms with Crippen molar-refractivity contribution in [1.29, 1.82) is 0 Å². The molecule has 19 heavy (non-hydrogen) atoms. The van der Waals surface area contributed by atoms with E-state index in [1.54, 1.807) is 0 Å². The number of nitrogens with zero attached hydrogens (tertiary/aromatic N) is 2. The number of pyridine rings is 1. The minimum atomic E-state index is 0.739.